The highest BCUT2D eigenvalue weighted by Gasteiger charge is 2.09. The van der Waals surface area contributed by atoms with Crippen molar-refractivity contribution >= 4 is 39.3 Å². The van der Waals surface area contributed by atoms with Crippen molar-refractivity contribution in [3.8, 4) is 11.6 Å². The van der Waals surface area contributed by atoms with E-state index in [1.54, 1.807) is 18.0 Å². The third-order valence-corrected chi connectivity index (χ3v) is 3.46. The molecule has 0 atom stereocenters. The van der Waals surface area contributed by atoms with Gasteiger partial charge in [0.15, 0.2) is 0 Å². The van der Waals surface area contributed by atoms with E-state index in [1.165, 1.54) is 0 Å². The Labute approximate surface area is 117 Å². The van der Waals surface area contributed by atoms with Crippen LogP contribution in [0.2, 0.25) is 5.28 Å². The van der Waals surface area contributed by atoms with E-state index in [4.69, 9.17) is 16.3 Å². The molecule has 1 aromatic carbocycles. The monoisotopic (exact) mass is 330 g/mol. The summed E-state index contributed by atoms with van der Waals surface area (Å²) < 4.78 is 6.37. The molecule has 0 bridgehead atoms. The molecule has 0 aliphatic rings. The number of nitrogens with zero attached hydrogens (tertiary/aromatic N) is 2. The predicted molar refractivity (Wildman–Crippen MR) is 73.0 cm³/mol. The second-order valence-electron chi connectivity index (χ2n) is 3.05. The fraction of sp³-hybridized carbons (Fsp3) is 0.0909. The number of hydrogen-bond donors (Lipinski definition) is 0. The van der Waals surface area contributed by atoms with Gasteiger partial charge in [-0.1, -0.05) is 12.1 Å². The molecule has 2 rings (SSSR count). The van der Waals surface area contributed by atoms with Crippen LogP contribution in [0.3, 0.4) is 0 Å². The van der Waals surface area contributed by atoms with Gasteiger partial charge in [0, 0.05) is 11.1 Å². The molecule has 17 heavy (non-hydrogen) atoms. The van der Waals surface area contributed by atoms with Gasteiger partial charge < -0.3 is 4.74 Å². The van der Waals surface area contributed by atoms with Gasteiger partial charge in [0.25, 0.3) is 0 Å². The lowest BCUT2D eigenvalue weighted by Gasteiger charge is -2.09. The van der Waals surface area contributed by atoms with Gasteiger partial charge in [-0.25, -0.2) is 4.98 Å². The molecule has 0 amide bonds. The molecular weight excluding hydrogens is 324 g/mol. The zero-order valence-corrected chi connectivity index (χ0v) is 12.0. The van der Waals surface area contributed by atoms with Crippen molar-refractivity contribution in [1.29, 1.82) is 0 Å². The lowest BCUT2D eigenvalue weighted by atomic mass is 10.3. The highest BCUT2D eigenvalue weighted by Crippen LogP contribution is 2.33. The molecule has 1 aromatic heterocycles. The molecule has 0 N–H and O–H groups in total. The Morgan fingerprint density at radius 1 is 1.35 bits per heavy atom. The summed E-state index contributed by atoms with van der Waals surface area (Å²) in [6.45, 7) is 0. The van der Waals surface area contributed by atoms with Crippen LogP contribution in [-0.4, -0.2) is 16.2 Å². The SMILES string of the molecule is CSc1ccccc1Oc1nc(Cl)ncc1Br. The number of ether oxygens (including phenoxy) is 1. The first-order valence-electron chi connectivity index (χ1n) is 4.69. The van der Waals surface area contributed by atoms with Crippen LogP contribution in [0.1, 0.15) is 0 Å². The smallest absolute Gasteiger partial charge is 0.238 e. The van der Waals surface area contributed by atoms with E-state index in [0.717, 1.165) is 10.6 Å². The first-order chi connectivity index (χ1) is 8.20. The van der Waals surface area contributed by atoms with Crippen molar-refractivity contribution < 1.29 is 4.74 Å². The number of rotatable bonds is 3. The molecule has 0 saturated carbocycles. The van der Waals surface area contributed by atoms with Crippen LogP contribution in [0.4, 0.5) is 0 Å². The molecule has 88 valence electrons. The Morgan fingerprint density at radius 2 is 2.12 bits per heavy atom. The molecule has 0 aliphatic heterocycles. The topological polar surface area (TPSA) is 35.0 Å². The highest BCUT2D eigenvalue weighted by molar-refractivity contribution is 9.10. The minimum atomic E-state index is 0.157. The second-order valence-corrected chi connectivity index (χ2v) is 5.09. The van der Waals surface area contributed by atoms with Gasteiger partial charge in [0.05, 0.1) is 4.47 Å². The van der Waals surface area contributed by atoms with Gasteiger partial charge in [-0.3, -0.25) is 0 Å². The van der Waals surface area contributed by atoms with Crippen LogP contribution >= 0.6 is 39.3 Å². The maximum absolute atomic E-state index is 5.73. The fourth-order valence-corrected chi connectivity index (χ4v) is 2.13. The highest BCUT2D eigenvalue weighted by atomic mass is 79.9. The summed E-state index contributed by atoms with van der Waals surface area (Å²) in [6.07, 6.45) is 3.55. The lowest BCUT2D eigenvalue weighted by Crippen LogP contribution is -1.92. The molecule has 3 nitrogen and oxygen atoms in total. The summed E-state index contributed by atoms with van der Waals surface area (Å²) in [5.41, 5.74) is 0. The summed E-state index contributed by atoms with van der Waals surface area (Å²) >= 11 is 10.7. The molecule has 0 fully saturated rings. The van der Waals surface area contributed by atoms with Gasteiger partial charge in [0.1, 0.15) is 5.75 Å². The number of thioether (sulfide) groups is 1. The quantitative estimate of drug-likeness (QED) is 0.616. The maximum atomic E-state index is 5.73. The van der Waals surface area contributed by atoms with E-state index in [9.17, 15) is 0 Å². The molecular formula is C11H8BrClN2OS. The van der Waals surface area contributed by atoms with Crippen LogP contribution in [-0.2, 0) is 0 Å². The number of aromatic nitrogens is 2. The minimum absolute atomic E-state index is 0.157. The average Bonchev–Trinajstić information content (AvgIpc) is 2.34. The third-order valence-electron chi connectivity index (χ3n) is 1.96. The van der Waals surface area contributed by atoms with Crippen molar-refractivity contribution in [2.24, 2.45) is 0 Å². The summed E-state index contributed by atoms with van der Waals surface area (Å²) in [5, 5.41) is 0.157. The van der Waals surface area contributed by atoms with Crippen LogP contribution in [0.5, 0.6) is 11.6 Å². The van der Waals surface area contributed by atoms with Crippen molar-refractivity contribution in [1.82, 2.24) is 9.97 Å². The molecule has 1 heterocycles. The molecule has 2 aromatic rings. The van der Waals surface area contributed by atoms with Gasteiger partial charge in [-0.05, 0) is 45.9 Å². The van der Waals surface area contributed by atoms with Crippen LogP contribution < -0.4 is 4.74 Å². The maximum Gasteiger partial charge on any atom is 0.238 e. The largest absolute Gasteiger partial charge is 0.437 e. The Kier molecular flexibility index (Phi) is 4.25. The lowest BCUT2D eigenvalue weighted by molar-refractivity contribution is 0.447. The third kappa shape index (κ3) is 3.12. The predicted octanol–water partition coefficient (Wildman–Crippen LogP) is 4.41. The second kappa shape index (κ2) is 5.71. The molecule has 0 spiro atoms. The summed E-state index contributed by atoms with van der Waals surface area (Å²) in [6, 6.07) is 7.73. The van der Waals surface area contributed by atoms with Crippen LogP contribution in [0.25, 0.3) is 0 Å². The van der Waals surface area contributed by atoms with Gasteiger partial charge >= 0.3 is 0 Å². The Morgan fingerprint density at radius 3 is 2.88 bits per heavy atom. The summed E-state index contributed by atoms with van der Waals surface area (Å²) in [7, 11) is 0. The normalized spacial score (nSPS) is 10.3. The first kappa shape index (κ1) is 12.7. The average molecular weight is 332 g/mol. The number of hydrogen-bond acceptors (Lipinski definition) is 4. The van der Waals surface area contributed by atoms with Crippen molar-refractivity contribution in [2.75, 3.05) is 6.26 Å². The van der Waals surface area contributed by atoms with Crippen molar-refractivity contribution in [3.63, 3.8) is 0 Å². The zero-order chi connectivity index (χ0) is 12.3. The minimum Gasteiger partial charge on any atom is -0.437 e. The van der Waals surface area contributed by atoms with Crippen LogP contribution in [0.15, 0.2) is 39.8 Å². The van der Waals surface area contributed by atoms with E-state index in [0.29, 0.717) is 10.4 Å². The summed E-state index contributed by atoms with van der Waals surface area (Å²) in [5.74, 6) is 1.15. The van der Waals surface area contributed by atoms with Crippen LogP contribution in [0, 0.1) is 0 Å². The molecule has 0 saturated heterocycles. The number of halogens is 2. The standard InChI is InChI=1S/C11H8BrClN2OS/c1-17-9-5-3-2-4-8(9)16-10-7(12)6-14-11(13)15-10/h2-6H,1H3. The molecule has 0 radical (unpaired) electrons. The van der Waals surface area contributed by atoms with E-state index < -0.39 is 0 Å². The van der Waals surface area contributed by atoms with E-state index in [2.05, 4.69) is 25.9 Å². The van der Waals surface area contributed by atoms with Crippen molar-refractivity contribution in [2.45, 2.75) is 4.90 Å². The Bertz CT molecular complexity index is 539. The van der Waals surface area contributed by atoms with Gasteiger partial charge in [-0.15, -0.1) is 11.8 Å². The van der Waals surface area contributed by atoms with Gasteiger partial charge in [0.2, 0.25) is 11.2 Å². The zero-order valence-electron chi connectivity index (χ0n) is 8.85. The van der Waals surface area contributed by atoms with E-state index >= 15 is 0 Å². The fourth-order valence-electron chi connectivity index (χ4n) is 1.21. The number of benzene rings is 1. The molecule has 6 heteroatoms. The molecule has 0 aliphatic carbocycles. The Balaban J connectivity index is 2.34. The summed E-state index contributed by atoms with van der Waals surface area (Å²) in [4.78, 5) is 8.90. The van der Waals surface area contributed by atoms with E-state index in [1.807, 2.05) is 30.5 Å². The van der Waals surface area contributed by atoms with E-state index in [-0.39, 0.29) is 5.28 Å². The molecule has 0 unspecified atom stereocenters. The first-order valence-corrected chi connectivity index (χ1v) is 7.09. The van der Waals surface area contributed by atoms with Gasteiger partial charge in [-0.2, -0.15) is 4.98 Å². The van der Waals surface area contributed by atoms with Crippen molar-refractivity contribution in [3.05, 3.63) is 40.2 Å². The Hall–Kier alpha value is -0.780. The number of para-hydroxylation sites is 1.